The van der Waals surface area contributed by atoms with E-state index in [9.17, 15) is 4.79 Å². The number of benzene rings is 2. The van der Waals surface area contributed by atoms with Crippen molar-refractivity contribution in [3.63, 3.8) is 0 Å². The van der Waals surface area contributed by atoms with Crippen LogP contribution in [-0.4, -0.2) is 19.1 Å². The fourth-order valence-corrected chi connectivity index (χ4v) is 2.11. The summed E-state index contributed by atoms with van der Waals surface area (Å²) in [7, 11) is 1.59. The molecule has 0 aliphatic heterocycles. The fourth-order valence-electron chi connectivity index (χ4n) is 1.73. The maximum absolute atomic E-state index is 12.1. The molecule has 1 N–H and O–H groups in total. The summed E-state index contributed by atoms with van der Waals surface area (Å²) >= 11 is 3.39. The smallest absolute Gasteiger partial charge is 0.265 e. The van der Waals surface area contributed by atoms with Crippen molar-refractivity contribution in [1.29, 1.82) is 0 Å². The van der Waals surface area contributed by atoms with Gasteiger partial charge in [-0.1, -0.05) is 18.2 Å². The SMILES string of the molecule is COc1cccc(OC(C)C(=O)Nc2ccccc2Br)c1. The molecule has 5 heteroatoms. The molecule has 0 aromatic heterocycles. The Kier molecular flexibility index (Phi) is 5.22. The van der Waals surface area contributed by atoms with E-state index in [2.05, 4.69) is 21.2 Å². The number of methoxy groups -OCH3 is 1. The van der Waals surface area contributed by atoms with E-state index in [1.165, 1.54) is 0 Å². The molecule has 0 aliphatic rings. The van der Waals surface area contributed by atoms with Crippen LogP contribution in [0.1, 0.15) is 6.92 Å². The van der Waals surface area contributed by atoms with Crippen molar-refractivity contribution in [2.24, 2.45) is 0 Å². The predicted octanol–water partition coefficient (Wildman–Crippen LogP) is 3.86. The molecule has 2 rings (SSSR count). The van der Waals surface area contributed by atoms with Crippen molar-refractivity contribution in [2.45, 2.75) is 13.0 Å². The second-order valence-electron chi connectivity index (χ2n) is 4.41. The van der Waals surface area contributed by atoms with Gasteiger partial charge in [-0.05, 0) is 47.1 Å². The Morgan fingerprint density at radius 2 is 1.86 bits per heavy atom. The lowest BCUT2D eigenvalue weighted by atomic mass is 10.3. The highest BCUT2D eigenvalue weighted by molar-refractivity contribution is 9.10. The molecule has 0 heterocycles. The van der Waals surface area contributed by atoms with Crippen molar-refractivity contribution in [3.05, 3.63) is 53.0 Å². The standard InChI is InChI=1S/C16H16BrNO3/c1-11(21-13-7-5-6-12(10-13)20-2)16(19)18-15-9-4-3-8-14(15)17/h3-11H,1-2H3,(H,18,19). The number of ether oxygens (including phenoxy) is 2. The van der Waals surface area contributed by atoms with E-state index in [1.54, 1.807) is 26.2 Å². The van der Waals surface area contributed by atoms with Crippen molar-refractivity contribution in [3.8, 4) is 11.5 Å². The van der Waals surface area contributed by atoms with Gasteiger partial charge in [-0.25, -0.2) is 0 Å². The summed E-state index contributed by atoms with van der Waals surface area (Å²) in [6.45, 7) is 1.70. The maximum atomic E-state index is 12.1. The van der Waals surface area contributed by atoms with Gasteiger partial charge in [-0.2, -0.15) is 0 Å². The van der Waals surface area contributed by atoms with Crippen LogP contribution in [0.4, 0.5) is 5.69 Å². The number of rotatable bonds is 5. The number of para-hydroxylation sites is 1. The van der Waals surface area contributed by atoms with Crippen LogP contribution < -0.4 is 14.8 Å². The largest absolute Gasteiger partial charge is 0.497 e. The Bertz CT molecular complexity index is 630. The van der Waals surface area contributed by atoms with E-state index in [0.29, 0.717) is 17.2 Å². The average Bonchev–Trinajstić information content (AvgIpc) is 2.49. The third kappa shape index (κ3) is 4.23. The highest BCUT2D eigenvalue weighted by atomic mass is 79.9. The van der Waals surface area contributed by atoms with Gasteiger partial charge in [0.15, 0.2) is 6.10 Å². The normalized spacial score (nSPS) is 11.6. The summed E-state index contributed by atoms with van der Waals surface area (Å²) in [4.78, 5) is 12.1. The number of amides is 1. The fraction of sp³-hybridized carbons (Fsp3) is 0.188. The van der Waals surface area contributed by atoms with Gasteiger partial charge < -0.3 is 14.8 Å². The van der Waals surface area contributed by atoms with Crippen LogP contribution in [0.3, 0.4) is 0 Å². The highest BCUT2D eigenvalue weighted by Crippen LogP contribution is 2.23. The minimum Gasteiger partial charge on any atom is -0.497 e. The molecule has 0 saturated heterocycles. The Morgan fingerprint density at radius 1 is 1.14 bits per heavy atom. The molecule has 0 bridgehead atoms. The lowest BCUT2D eigenvalue weighted by molar-refractivity contribution is -0.122. The molecule has 1 unspecified atom stereocenters. The summed E-state index contributed by atoms with van der Waals surface area (Å²) in [5.41, 5.74) is 0.712. The first-order valence-electron chi connectivity index (χ1n) is 6.46. The third-order valence-corrected chi connectivity index (χ3v) is 3.55. The van der Waals surface area contributed by atoms with E-state index in [0.717, 1.165) is 4.47 Å². The maximum Gasteiger partial charge on any atom is 0.265 e. The molecule has 0 fully saturated rings. The number of nitrogens with one attached hydrogen (secondary N) is 1. The van der Waals surface area contributed by atoms with Crippen LogP contribution in [0.15, 0.2) is 53.0 Å². The number of carbonyl (C=O) groups is 1. The zero-order chi connectivity index (χ0) is 15.2. The topological polar surface area (TPSA) is 47.6 Å². The van der Waals surface area contributed by atoms with Crippen LogP contribution in [0.2, 0.25) is 0 Å². The Balaban J connectivity index is 2.01. The molecular formula is C16H16BrNO3. The van der Waals surface area contributed by atoms with Gasteiger partial charge in [0.1, 0.15) is 11.5 Å². The zero-order valence-corrected chi connectivity index (χ0v) is 13.4. The number of hydrogen-bond donors (Lipinski definition) is 1. The third-order valence-electron chi connectivity index (χ3n) is 2.86. The summed E-state index contributed by atoms with van der Waals surface area (Å²) in [5, 5.41) is 2.82. The van der Waals surface area contributed by atoms with Crippen LogP contribution in [0.25, 0.3) is 0 Å². The first-order valence-corrected chi connectivity index (χ1v) is 7.25. The average molecular weight is 350 g/mol. The lowest BCUT2D eigenvalue weighted by Crippen LogP contribution is -2.30. The molecule has 110 valence electrons. The summed E-state index contributed by atoms with van der Waals surface area (Å²) in [6, 6.07) is 14.6. The van der Waals surface area contributed by atoms with Crippen molar-refractivity contribution < 1.29 is 14.3 Å². The molecule has 0 saturated carbocycles. The molecule has 1 amide bonds. The Labute approximate surface area is 132 Å². The molecule has 2 aromatic rings. The van der Waals surface area contributed by atoms with Gasteiger partial charge in [0.2, 0.25) is 0 Å². The van der Waals surface area contributed by atoms with Gasteiger partial charge in [0, 0.05) is 10.5 Å². The van der Waals surface area contributed by atoms with Crippen LogP contribution in [-0.2, 0) is 4.79 Å². The van der Waals surface area contributed by atoms with Crippen molar-refractivity contribution in [2.75, 3.05) is 12.4 Å². The summed E-state index contributed by atoms with van der Waals surface area (Å²) in [5.74, 6) is 1.06. The number of hydrogen-bond acceptors (Lipinski definition) is 3. The molecule has 0 radical (unpaired) electrons. The molecule has 4 nitrogen and oxygen atoms in total. The minimum atomic E-state index is -0.621. The first-order chi connectivity index (χ1) is 10.1. The van der Waals surface area contributed by atoms with E-state index in [4.69, 9.17) is 9.47 Å². The van der Waals surface area contributed by atoms with E-state index >= 15 is 0 Å². The van der Waals surface area contributed by atoms with Crippen LogP contribution >= 0.6 is 15.9 Å². The Morgan fingerprint density at radius 3 is 2.57 bits per heavy atom. The van der Waals surface area contributed by atoms with E-state index < -0.39 is 6.10 Å². The van der Waals surface area contributed by atoms with Crippen LogP contribution in [0.5, 0.6) is 11.5 Å². The van der Waals surface area contributed by atoms with E-state index in [1.807, 2.05) is 36.4 Å². The molecular weight excluding hydrogens is 334 g/mol. The summed E-state index contributed by atoms with van der Waals surface area (Å²) < 4.78 is 11.6. The summed E-state index contributed by atoms with van der Waals surface area (Å²) in [6.07, 6.45) is -0.621. The van der Waals surface area contributed by atoms with Crippen LogP contribution in [0, 0.1) is 0 Å². The van der Waals surface area contributed by atoms with Gasteiger partial charge in [0.25, 0.3) is 5.91 Å². The number of anilines is 1. The number of carbonyl (C=O) groups excluding carboxylic acids is 1. The Hall–Kier alpha value is -2.01. The zero-order valence-electron chi connectivity index (χ0n) is 11.8. The van der Waals surface area contributed by atoms with Crippen molar-refractivity contribution in [1.82, 2.24) is 0 Å². The second kappa shape index (κ2) is 7.13. The molecule has 1 atom stereocenters. The minimum absolute atomic E-state index is 0.218. The quantitative estimate of drug-likeness (QED) is 0.891. The highest BCUT2D eigenvalue weighted by Gasteiger charge is 2.16. The van der Waals surface area contributed by atoms with Gasteiger partial charge in [-0.15, -0.1) is 0 Å². The molecule has 2 aromatic carbocycles. The van der Waals surface area contributed by atoms with Gasteiger partial charge in [-0.3, -0.25) is 4.79 Å². The molecule has 0 aliphatic carbocycles. The lowest BCUT2D eigenvalue weighted by Gasteiger charge is -2.15. The predicted molar refractivity (Wildman–Crippen MR) is 85.9 cm³/mol. The molecule has 21 heavy (non-hydrogen) atoms. The first kappa shape index (κ1) is 15.4. The number of halogens is 1. The van der Waals surface area contributed by atoms with Gasteiger partial charge in [0.05, 0.1) is 12.8 Å². The van der Waals surface area contributed by atoms with E-state index in [-0.39, 0.29) is 5.91 Å². The van der Waals surface area contributed by atoms with Gasteiger partial charge >= 0.3 is 0 Å². The van der Waals surface area contributed by atoms with Crippen molar-refractivity contribution >= 4 is 27.5 Å². The monoisotopic (exact) mass is 349 g/mol. The second-order valence-corrected chi connectivity index (χ2v) is 5.26. The molecule has 0 spiro atoms.